The number of aryl methyl sites for hydroxylation is 1. The SMILES string of the molecule is COc1ccc(C2CCN(c3cnn(C)c(=O)c3Br)C2)cc1. The summed E-state index contributed by atoms with van der Waals surface area (Å²) in [5.41, 5.74) is 2.07. The van der Waals surface area contributed by atoms with Crippen molar-refractivity contribution in [2.24, 2.45) is 7.05 Å². The lowest BCUT2D eigenvalue weighted by molar-refractivity contribution is 0.414. The van der Waals surface area contributed by atoms with Crippen LogP contribution in [0.25, 0.3) is 0 Å². The first-order chi connectivity index (χ1) is 10.6. The normalized spacial score (nSPS) is 17.8. The van der Waals surface area contributed by atoms with Gasteiger partial charge in [0.2, 0.25) is 0 Å². The number of anilines is 1. The molecule has 1 fully saturated rings. The van der Waals surface area contributed by atoms with E-state index in [2.05, 4.69) is 38.1 Å². The lowest BCUT2D eigenvalue weighted by Gasteiger charge is -2.20. The molecule has 22 heavy (non-hydrogen) atoms. The van der Waals surface area contributed by atoms with E-state index in [-0.39, 0.29) is 5.56 Å². The number of aromatic nitrogens is 2. The van der Waals surface area contributed by atoms with Gasteiger partial charge < -0.3 is 9.64 Å². The van der Waals surface area contributed by atoms with Crippen molar-refractivity contribution in [2.75, 3.05) is 25.1 Å². The first kappa shape index (κ1) is 15.1. The Morgan fingerprint density at radius 1 is 1.32 bits per heavy atom. The minimum atomic E-state index is -0.106. The summed E-state index contributed by atoms with van der Waals surface area (Å²) in [6.07, 6.45) is 2.82. The van der Waals surface area contributed by atoms with Crippen molar-refractivity contribution in [1.82, 2.24) is 9.78 Å². The first-order valence-corrected chi connectivity index (χ1v) is 8.00. The summed E-state index contributed by atoms with van der Waals surface area (Å²) in [6.45, 7) is 1.81. The van der Waals surface area contributed by atoms with E-state index in [0.29, 0.717) is 10.4 Å². The maximum Gasteiger partial charge on any atom is 0.282 e. The smallest absolute Gasteiger partial charge is 0.282 e. The molecule has 0 amide bonds. The number of methoxy groups -OCH3 is 1. The minimum absolute atomic E-state index is 0.106. The first-order valence-electron chi connectivity index (χ1n) is 7.21. The molecule has 1 aliphatic rings. The van der Waals surface area contributed by atoms with Gasteiger partial charge in [0, 0.05) is 26.1 Å². The maximum absolute atomic E-state index is 12.0. The molecule has 1 aromatic carbocycles. The second kappa shape index (κ2) is 6.12. The van der Waals surface area contributed by atoms with Crippen LogP contribution in [-0.4, -0.2) is 30.0 Å². The van der Waals surface area contributed by atoms with Gasteiger partial charge in [-0.15, -0.1) is 0 Å². The molecule has 6 heteroatoms. The van der Waals surface area contributed by atoms with Crippen molar-refractivity contribution in [3.05, 3.63) is 50.9 Å². The zero-order valence-corrected chi connectivity index (χ0v) is 14.2. The largest absolute Gasteiger partial charge is 0.497 e. The third kappa shape index (κ3) is 2.75. The van der Waals surface area contributed by atoms with Crippen LogP contribution >= 0.6 is 15.9 Å². The standard InChI is InChI=1S/C16H18BrN3O2/c1-19-16(21)15(17)14(9-18-19)20-8-7-12(10-20)11-3-5-13(22-2)6-4-11/h3-6,9,12H,7-8,10H2,1-2H3. The molecule has 2 aromatic rings. The summed E-state index contributed by atoms with van der Waals surface area (Å²) < 4.78 is 7.12. The Hall–Kier alpha value is -1.82. The van der Waals surface area contributed by atoms with Crippen molar-refractivity contribution in [3.8, 4) is 5.75 Å². The summed E-state index contributed by atoms with van der Waals surface area (Å²) in [4.78, 5) is 14.2. The Morgan fingerprint density at radius 2 is 2.05 bits per heavy atom. The molecule has 1 atom stereocenters. The van der Waals surface area contributed by atoms with Crippen molar-refractivity contribution < 1.29 is 4.74 Å². The summed E-state index contributed by atoms with van der Waals surface area (Å²) >= 11 is 3.40. The molecule has 1 saturated heterocycles. The fourth-order valence-corrected chi connectivity index (χ4v) is 3.46. The van der Waals surface area contributed by atoms with Crippen LogP contribution in [0.4, 0.5) is 5.69 Å². The Bertz CT molecular complexity index is 727. The fourth-order valence-electron chi connectivity index (χ4n) is 2.85. The number of ether oxygens (including phenoxy) is 1. The molecule has 0 radical (unpaired) electrons. The van der Waals surface area contributed by atoms with Crippen LogP contribution in [0.15, 0.2) is 39.7 Å². The van der Waals surface area contributed by atoms with E-state index in [0.717, 1.165) is 30.9 Å². The Kier molecular flexibility index (Phi) is 4.20. The maximum atomic E-state index is 12.0. The average molecular weight is 364 g/mol. The predicted octanol–water partition coefficient (Wildman–Crippen LogP) is 2.55. The van der Waals surface area contributed by atoms with E-state index in [9.17, 15) is 4.79 Å². The highest BCUT2D eigenvalue weighted by Crippen LogP contribution is 2.33. The molecule has 1 aliphatic heterocycles. The second-order valence-electron chi connectivity index (χ2n) is 5.48. The van der Waals surface area contributed by atoms with Crippen molar-refractivity contribution in [1.29, 1.82) is 0 Å². The molecule has 3 rings (SSSR count). The van der Waals surface area contributed by atoms with E-state index in [1.54, 1.807) is 20.4 Å². The summed E-state index contributed by atoms with van der Waals surface area (Å²) in [7, 11) is 3.33. The molecule has 2 heterocycles. The lowest BCUT2D eigenvalue weighted by atomic mass is 9.98. The molecule has 1 aromatic heterocycles. The van der Waals surface area contributed by atoms with Crippen LogP contribution in [0, 0.1) is 0 Å². The monoisotopic (exact) mass is 363 g/mol. The van der Waals surface area contributed by atoms with Crippen molar-refractivity contribution >= 4 is 21.6 Å². The van der Waals surface area contributed by atoms with Gasteiger partial charge in [0.25, 0.3) is 5.56 Å². The Balaban J connectivity index is 1.80. The summed E-state index contributed by atoms with van der Waals surface area (Å²) in [5, 5.41) is 4.12. The highest BCUT2D eigenvalue weighted by molar-refractivity contribution is 9.10. The van der Waals surface area contributed by atoms with E-state index < -0.39 is 0 Å². The van der Waals surface area contributed by atoms with Gasteiger partial charge in [-0.1, -0.05) is 12.1 Å². The van der Waals surface area contributed by atoms with Gasteiger partial charge in [-0.2, -0.15) is 5.10 Å². The molecule has 5 nitrogen and oxygen atoms in total. The van der Waals surface area contributed by atoms with Gasteiger partial charge in [0.15, 0.2) is 0 Å². The molecule has 1 unspecified atom stereocenters. The molecular formula is C16H18BrN3O2. The topological polar surface area (TPSA) is 47.4 Å². The number of halogens is 1. The summed E-state index contributed by atoms with van der Waals surface area (Å²) in [6, 6.07) is 8.22. The number of hydrogen-bond acceptors (Lipinski definition) is 4. The Labute approximate surface area is 137 Å². The fraction of sp³-hybridized carbons (Fsp3) is 0.375. The Morgan fingerprint density at radius 3 is 2.73 bits per heavy atom. The van der Waals surface area contributed by atoms with Gasteiger partial charge in [-0.3, -0.25) is 4.79 Å². The predicted molar refractivity (Wildman–Crippen MR) is 89.7 cm³/mol. The zero-order valence-electron chi connectivity index (χ0n) is 12.6. The third-order valence-electron chi connectivity index (χ3n) is 4.18. The number of nitrogens with zero attached hydrogens (tertiary/aromatic N) is 3. The molecule has 0 N–H and O–H groups in total. The van der Waals surface area contributed by atoms with Crippen LogP contribution in [0.5, 0.6) is 5.75 Å². The highest BCUT2D eigenvalue weighted by atomic mass is 79.9. The van der Waals surface area contributed by atoms with Crippen molar-refractivity contribution in [3.63, 3.8) is 0 Å². The van der Waals surface area contributed by atoms with Crippen LogP contribution in [0.2, 0.25) is 0 Å². The van der Waals surface area contributed by atoms with Gasteiger partial charge in [0.1, 0.15) is 10.2 Å². The molecule has 0 saturated carbocycles. The molecule has 0 bridgehead atoms. The number of benzene rings is 1. The second-order valence-corrected chi connectivity index (χ2v) is 6.27. The number of rotatable bonds is 3. The van der Waals surface area contributed by atoms with Crippen LogP contribution in [-0.2, 0) is 7.05 Å². The molecule has 0 aliphatic carbocycles. The van der Waals surface area contributed by atoms with E-state index in [1.807, 2.05) is 12.1 Å². The highest BCUT2D eigenvalue weighted by Gasteiger charge is 2.26. The zero-order chi connectivity index (χ0) is 15.7. The number of hydrogen-bond donors (Lipinski definition) is 0. The van der Waals surface area contributed by atoms with Gasteiger partial charge in [-0.05, 0) is 40.0 Å². The third-order valence-corrected chi connectivity index (χ3v) is 4.92. The summed E-state index contributed by atoms with van der Waals surface area (Å²) in [5.74, 6) is 1.33. The van der Waals surface area contributed by atoms with Gasteiger partial charge >= 0.3 is 0 Å². The molecule has 116 valence electrons. The molecule has 0 spiro atoms. The van der Waals surface area contributed by atoms with E-state index >= 15 is 0 Å². The van der Waals surface area contributed by atoms with Crippen LogP contribution < -0.4 is 15.2 Å². The molecular weight excluding hydrogens is 346 g/mol. The van der Waals surface area contributed by atoms with E-state index in [4.69, 9.17) is 4.74 Å². The van der Waals surface area contributed by atoms with Gasteiger partial charge in [-0.25, -0.2) is 4.68 Å². The quantitative estimate of drug-likeness (QED) is 0.840. The van der Waals surface area contributed by atoms with Crippen LogP contribution in [0.3, 0.4) is 0 Å². The van der Waals surface area contributed by atoms with Crippen LogP contribution in [0.1, 0.15) is 17.9 Å². The van der Waals surface area contributed by atoms with E-state index in [1.165, 1.54) is 10.2 Å². The average Bonchev–Trinajstić information content (AvgIpc) is 3.02. The van der Waals surface area contributed by atoms with Gasteiger partial charge in [0.05, 0.1) is 19.0 Å². The van der Waals surface area contributed by atoms with Crippen molar-refractivity contribution in [2.45, 2.75) is 12.3 Å². The minimum Gasteiger partial charge on any atom is -0.497 e. The lowest BCUT2D eigenvalue weighted by Crippen LogP contribution is -2.26.